The molecular weight excluding hydrogens is 294 g/mol. The Balaban J connectivity index is 1.58. The summed E-state index contributed by atoms with van der Waals surface area (Å²) in [5.74, 6) is 0. The molecule has 1 aromatic carbocycles. The number of aliphatic hydroxyl groups is 1. The molecule has 0 amide bonds. The molecule has 5 heteroatoms. The molecule has 1 aromatic rings. The maximum Gasteiger partial charge on any atom is 0.0834 e. The number of benzene rings is 1. The van der Waals surface area contributed by atoms with Crippen molar-refractivity contribution in [1.29, 1.82) is 0 Å². The molecule has 4 nitrogen and oxygen atoms in total. The molecule has 0 aliphatic carbocycles. The number of hydrogen-bond acceptors (Lipinski definition) is 5. The molecule has 0 saturated carbocycles. The van der Waals surface area contributed by atoms with Crippen molar-refractivity contribution in [3.63, 3.8) is 0 Å². The van der Waals surface area contributed by atoms with Crippen molar-refractivity contribution >= 4 is 11.8 Å². The van der Waals surface area contributed by atoms with Crippen molar-refractivity contribution in [1.82, 2.24) is 14.7 Å². The van der Waals surface area contributed by atoms with Crippen LogP contribution in [0.3, 0.4) is 0 Å². The van der Waals surface area contributed by atoms with Gasteiger partial charge >= 0.3 is 0 Å². The Hall–Kier alpha value is -0.590. The molecule has 2 atom stereocenters. The Morgan fingerprint density at radius 2 is 1.95 bits per heavy atom. The average molecular weight is 321 g/mol. The van der Waals surface area contributed by atoms with E-state index in [-0.39, 0.29) is 6.10 Å². The zero-order valence-corrected chi connectivity index (χ0v) is 14.4. The monoisotopic (exact) mass is 321 g/mol. The standard InChI is InChI=1S/C17H27N3OS/c1-18-6-8-20(9-7-18)16-12-19(13-17(16)21)11-14-4-3-5-15(10-14)22-2/h3-5,10,16-17,21H,6-9,11-13H2,1-2H3. The Morgan fingerprint density at radius 1 is 1.18 bits per heavy atom. The first-order chi connectivity index (χ1) is 10.7. The fourth-order valence-electron chi connectivity index (χ4n) is 3.52. The second kappa shape index (κ2) is 7.32. The lowest BCUT2D eigenvalue weighted by Crippen LogP contribution is -2.52. The highest BCUT2D eigenvalue weighted by Crippen LogP contribution is 2.22. The van der Waals surface area contributed by atoms with E-state index in [1.54, 1.807) is 11.8 Å². The van der Waals surface area contributed by atoms with Crippen molar-refractivity contribution in [3.8, 4) is 0 Å². The van der Waals surface area contributed by atoms with E-state index in [9.17, 15) is 5.11 Å². The number of aliphatic hydroxyl groups excluding tert-OH is 1. The van der Waals surface area contributed by atoms with Crippen LogP contribution in [-0.4, -0.2) is 84.5 Å². The third kappa shape index (κ3) is 3.84. The van der Waals surface area contributed by atoms with Crippen molar-refractivity contribution in [2.24, 2.45) is 0 Å². The highest BCUT2D eigenvalue weighted by Gasteiger charge is 2.36. The highest BCUT2D eigenvalue weighted by molar-refractivity contribution is 7.98. The van der Waals surface area contributed by atoms with E-state index in [0.29, 0.717) is 6.04 Å². The van der Waals surface area contributed by atoms with Crippen LogP contribution >= 0.6 is 11.8 Å². The molecule has 2 fully saturated rings. The summed E-state index contributed by atoms with van der Waals surface area (Å²) in [6, 6.07) is 9.04. The van der Waals surface area contributed by atoms with Gasteiger partial charge in [-0.3, -0.25) is 9.80 Å². The smallest absolute Gasteiger partial charge is 0.0834 e. The summed E-state index contributed by atoms with van der Waals surface area (Å²) in [7, 11) is 2.17. The summed E-state index contributed by atoms with van der Waals surface area (Å²) < 4.78 is 0. The predicted octanol–water partition coefficient (Wildman–Crippen LogP) is 1.20. The Bertz CT molecular complexity index is 491. The number of likely N-dealkylation sites (tertiary alicyclic amines) is 1. The zero-order chi connectivity index (χ0) is 15.5. The third-order valence-electron chi connectivity index (χ3n) is 4.88. The lowest BCUT2D eigenvalue weighted by Gasteiger charge is -2.37. The van der Waals surface area contributed by atoms with E-state index in [4.69, 9.17) is 0 Å². The summed E-state index contributed by atoms with van der Waals surface area (Å²) in [6.45, 7) is 7.09. The first-order valence-electron chi connectivity index (χ1n) is 8.11. The van der Waals surface area contributed by atoms with Crippen LogP contribution in [0.25, 0.3) is 0 Å². The number of β-amino-alcohol motifs (C(OH)–C–C–N with tert-alkyl or cyclic N) is 1. The van der Waals surface area contributed by atoms with Gasteiger partial charge in [-0.1, -0.05) is 12.1 Å². The third-order valence-corrected chi connectivity index (χ3v) is 5.61. The van der Waals surface area contributed by atoms with Crippen molar-refractivity contribution < 1.29 is 5.11 Å². The Labute approximate surface area is 138 Å². The van der Waals surface area contributed by atoms with Gasteiger partial charge in [0.2, 0.25) is 0 Å². The van der Waals surface area contributed by atoms with E-state index in [0.717, 1.165) is 45.8 Å². The highest BCUT2D eigenvalue weighted by atomic mass is 32.2. The lowest BCUT2D eigenvalue weighted by atomic mass is 10.1. The lowest BCUT2D eigenvalue weighted by molar-refractivity contribution is 0.0512. The molecule has 2 aliphatic rings. The maximum atomic E-state index is 10.5. The van der Waals surface area contributed by atoms with Crippen molar-refractivity contribution in [2.75, 3.05) is 52.6 Å². The first kappa shape index (κ1) is 16.3. The zero-order valence-electron chi connectivity index (χ0n) is 13.6. The van der Waals surface area contributed by atoms with E-state index >= 15 is 0 Å². The molecule has 1 N–H and O–H groups in total. The van der Waals surface area contributed by atoms with E-state index in [1.165, 1.54) is 10.5 Å². The van der Waals surface area contributed by atoms with Crippen LogP contribution in [-0.2, 0) is 6.54 Å². The normalized spacial score (nSPS) is 28.3. The van der Waals surface area contributed by atoms with Gasteiger partial charge in [0.25, 0.3) is 0 Å². The summed E-state index contributed by atoms with van der Waals surface area (Å²) in [6.07, 6.45) is 1.90. The quantitative estimate of drug-likeness (QED) is 0.842. The number of nitrogens with zero attached hydrogens (tertiary/aromatic N) is 3. The number of likely N-dealkylation sites (N-methyl/N-ethyl adjacent to an activating group) is 1. The number of rotatable bonds is 4. The second-order valence-corrected chi connectivity index (χ2v) is 7.40. The summed E-state index contributed by atoms with van der Waals surface area (Å²) in [4.78, 5) is 8.55. The molecule has 2 heterocycles. The fraction of sp³-hybridized carbons (Fsp3) is 0.647. The largest absolute Gasteiger partial charge is 0.390 e. The van der Waals surface area contributed by atoms with Crippen LogP contribution in [0.15, 0.2) is 29.2 Å². The molecule has 0 radical (unpaired) electrons. The molecule has 3 rings (SSSR count). The minimum atomic E-state index is -0.216. The Kier molecular flexibility index (Phi) is 5.42. The topological polar surface area (TPSA) is 30.0 Å². The van der Waals surface area contributed by atoms with E-state index < -0.39 is 0 Å². The second-order valence-electron chi connectivity index (χ2n) is 6.52. The van der Waals surface area contributed by atoms with E-state index in [1.807, 2.05) is 0 Å². The number of piperazine rings is 1. The van der Waals surface area contributed by atoms with Gasteiger partial charge in [-0.25, -0.2) is 0 Å². The SMILES string of the molecule is CSc1cccc(CN2CC(O)C(N3CCN(C)CC3)C2)c1. The van der Waals surface area contributed by atoms with Crippen LogP contribution < -0.4 is 0 Å². The van der Waals surface area contributed by atoms with Crippen LogP contribution in [0.5, 0.6) is 0 Å². The van der Waals surface area contributed by atoms with Gasteiger partial charge in [-0.05, 0) is 31.0 Å². The molecule has 2 aliphatic heterocycles. The summed E-state index contributed by atoms with van der Waals surface area (Å²) >= 11 is 1.78. The molecule has 0 spiro atoms. The minimum Gasteiger partial charge on any atom is -0.390 e. The predicted molar refractivity (Wildman–Crippen MR) is 92.4 cm³/mol. The van der Waals surface area contributed by atoms with Crippen molar-refractivity contribution in [2.45, 2.75) is 23.6 Å². The summed E-state index contributed by atoms with van der Waals surface area (Å²) in [5.41, 5.74) is 1.35. The van der Waals surface area contributed by atoms with Crippen molar-refractivity contribution in [3.05, 3.63) is 29.8 Å². The minimum absolute atomic E-state index is 0.216. The van der Waals surface area contributed by atoms with Crippen LogP contribution in [0.1, 0.15) is 5.56 Å². The summed E-state index contributed by atoms with van der Waals surface area (Å²) in [5, 5.41) is 10.5. The van der Waals surface area contributed by atoms with Crippen LogP contribution in [0, 0.1) is 0 Å². The molecule has 0 aromatic heterocycles. The van der Waals surface area contributed by atoms with Gasteiger partial charge in [0, 0.05) is 56.8 Å². The molecule has 0 bridgehead atoms. The van der Waals surface area contributed by atoms with Crippen LogP contribution in [0.4, 0.5) is 0 Å². The molecule has 2 saturated heterocycles. The number of hydrogen-bond donors (Lipinski definition) is 1. The average Bonchev–Trinajstić information content (AvgIpc) is 2.89. The van der Waals surface area contributed by atoms with E-state index in [2.05, 4.69) is 52.3 Å². The molecule has 22 heavy (non-hydrogen) atoms. The molecular formula is C17H27N3OS. The van der Waals surface area contributed by atoms with Gasteiger partial charge < -0.3 is 10.0 Å². The number of thioether (sulfide) groups is 1. The van der Waals surface area contributed by atoms with Gasteiger partial charge in [-0.15, -0.1) is 11.8 Å². The fourth-order valence-corrected chi connectivity index (χ4v) is 4.00. The first-order valence-corrected chi connectivity index (χ1v) is 9.34. The molecule has 122 valence electrons. The maximum absolute atomic E-state index is 10.5. The molecule has 2 unspecified atom stereocenters. The van der Waals surface area contributed by atoms with Crippen LogP contribution in [0.2, 0.25) is 0 Å². The van der Waals surface area contributed by atoms with Gasteiger partial charge in [0.05, 0.1) is 6.10 Å². The Morgan fingerprint density at radius 3 is 2.68 bits per heavy atom. The van der Waals surface area contributed by atoms with Gasteiger partial charge in [-0.2, -0.15) is 0 Å². The van der Waals surface area contributed by atoms with Gasteiger partial charge in [0.1, 0.15) is 0 Å². The van der Waals surface area contributed by atoms with Gasteiger partial charge in [0.15, 0.2) is 0 Å².